The maximum atomic E-state index is 12.4. The smallest absolute Gasteiger partial charge is 0.232 e. The minimum Gasteiger partial charge on any atom is -0.232 e. The number of rotatable bonds is 5. The monoisotopic (exact) mass is 327 g/mol. The van der Waals surface area contributed by atoms with Crippen molar-refractivity contribution in [2.24, 2.45) is 0 Å². The molecule has 1 aromatic heterocycles. The van der Waals surface area contributed by atoms with Crippen molar-refractivity contribution < 1.29 is 8.42 Å². The van der Waals surface area contributed by atoms with Crippen LogP contribution in [0.25, 0.3) is 0 Å². The highest BCUT2D eigenvalue weighted by molar-refractivity contribution is 7.91. The van der Waals surface area contributed by atoms with E-state index in [9.17, 15) is 8.42 Å². The Morgan fingerprint density at radius 3 is 2.60 bits per heavy atom. The summed E-state index contributed by atoms with van der Waals surface area (Å²) in [5, 5.41) is 8.84. The second-order valence-corrected chi connectivity index (χ2v) is 7.63. The Hall–Kier alpha value is -1.46. The summed E-state index contributed by atoms with van der Waals surface area (Å²) in [6.07, 6.45) is 1.21. The average Bonchev–Trinajstić information content (AvgIpc) is 2.87. The van der Waals surface area contributed by atoms with E-state index in [1.165, 1.54) is 6.20 Å². The Morgan fingerprint density at radius 2 is 2.05 bits per heavy atom. The van der Waals surface area contributed by atoms with Gasteiger partial charge in [0.25, 0.3) is 10.0 Å². The van der Waals surface area contributed by atoms with Crippen LogP contribution < -0.4 is 0 Å². The topological polar surface area (TPSA) is 74.1 Å². The van der Waals surface area contributed by atoms with Gasteiger partial charge in [-0.15, -0.1) is 0 Å². The summed E-state index contributed by atoms with van der Waals surface area (Å²) >= 11 is 6.54. The molecule has 0 spiro atoms. The zero-order valence-electron chi connectivity index (χ0n) is 10.2. The molecule has 2 rings (SSSR count). The first-order valence-corrected chi connectivity index (χ1v) is 8.20. The molecule has 0 aliphatic heterocycles. The molecule has 20 heavy (non-hydrogen) atoms. The van der Waals surface area contributed by atoms with Crippen LogP contribution in [0.1, 0.15) is 5.56 Å². The van der Waals surface area contributed by atoms with Gasteiger partial charge in [-0.25, -0.2) is 13.4 Å². The molecule has 0 radical (unpaired) electrons. The number of nitrogens with zero attached hydrogens (tertiary/aromatic N) is 3. The molecule has 0 saturated carbocycles. The zero-order chi connectivity index (χ0) is 14.6. The molecule has 2 aromatic rings. The van der Waals surface area contributed by atoms with Crippen molar-refractivity contribution in [3.8, 4) is 6.07 Å². The number of thiazole rings is 1. The highest BCUT2D eigenvalue weighted by atomic mass is 35.5. The first-order chi connectivity index (χ1) is 9.54. The molecule has 0 saturated heterocycles. The summed E-state index contributed by atoms with van der Waals surface area (Å²) < 4.78 is 26.1. The molecule has 0 aliphatic rings. The molecule has 0 atom stereocenters. The van der Waals surface area contributed by atoms with Gasteiger partial charge in [0, 0.05) is 6.54 Å². The summed E-state index contributed by atoms with van der Waals surface area (Å²) in [4.78, 5) is 3.73. The van der Waals surface area contributed by atoms with Gasteiger partial charge in [0.05, 0.1) is 12.3 Å². The van der Waals surface area contributed by atoms with Crippen LogP contribution in [-0.4, -0.2) is 24.3 Å². The first kappa shape index (κ1) is 14.9. The van der Waals surface area contributed by atoms with Crippen LogP contribution in [0.2, 0.25) is 4.47 Å². The number of hydrogen-bond donors (Lipinski definition) is 0. The van der Waals surface area contributed by atoms with Crippen molar-refractivity contribution >= 4 is 33.0 Å². The second kappa shape index (κ2) is 6.33. The molecular formula is C12H10ClN3O2S2. The van der Waals surface area contributed by atoms with Gasteiger partial charge in [0.2, 0.25) is 0 Å². The van der Waals surface area contributed by atoms with Gasteiger partial charge in [-0.2, -0.15) is 9.57 Å². The van der Waals surface area contributed by atoms with E-state index in [1.807, 2.05) is 24.3 Å². The summed E-state index contributed by atoms with van der Waals surface area (Å²) in [6.45, 7) is -0.0982. The number of sulfonamides is 1. The van der Waals surface area contributed by atoms with Crippen LogP contribution in [0.3, 0.4) is 0 Å². The molecule has 5 nitrogen and oxygen atoms in total. The third kappa shape index (κ3) is 3.35. The molecule has 1 heterocycles. The fourth-order valence-corrected chi connectivity index (χ4v) is 4.35. The fraction of sp³-hybridized carbons (Fsp3) is 0.167. The van der Waals surface area contributed by atoms with Gasteiger partial charge in [-0.1, -0.05) is 53.3 Å². The van der Waals surface area contributed by atoms with Gasteiger partial charge in [0.15, 0.2) is 8.68 Å². The Bertz CT molecular complexity index is 723. The lowest BCUT2D eigenvalue weighted by Gasteiger charge is -2.17. The highest BCUT2D eigenvalue weighted by Crippen LogP contribution is 2.26. The number of nitriles is 1. The van der Waals surface area contributed by atoms with Crippen molar-refractivity contribution in [1.29, 1.82) is 5.26 Å². The molecule has 0 amide bonds. The van der Waals surface area contributed by atoms with E-state index in [-0.39, 0.29) is 21.8 Å². The van der Waals surface area contributed by atoms with Crippen molar-refractivity contribution in [2.75, 3.05) is 6.54 Å². The summed E-state index contributed by atoms with van der Waals surface area (Å²) in [5.74, 6) is 0. The molecule has 0 aliphatic carbocycles. The first-order valence-electron chi connectivity index (χ1n) is 5.56. The van der Waals surface area contributed by atoms with Crippen molar-refractivity contribution in [3.63, 3.8) is 0 Å². The van der Waals surface area contributed by atoms with Crippen molar-refractivity contribution in [3.05, 3.63) is 46.6 Å². The maximum Gasteiger partial charge on any atom is 0.255 e. The number of benzene rings is 1. The van der Waals surface area contributed by atoms with Crippen LogP contribution in [0.15, 0.2) is 40.7 Å². The zero-order valence-corrected chi connectivity index (χ0v) is 12.6. The maximum absolute atomic E-state index is 12.4. The molecule has 0 unspecified atom stereocenters. The minimum atomic E-state index is -3.76. The van der Waals surface area contributed by atoms with Crippen LogP contribution in [0.4, 0.5) is 0 Å². The number of aromatic nitrogens is 1. The molecule has 104 valence electrons. The van der Waals surface area contributed by atoms with E-state index in [4.69, 9.17) is 16.9 Å². The fourth-order valence-electron chi connectivity index (χ4n) is 1.58. The van der Waals surface area contributed by atoms with E-state index in [0.29, 0.717) is 0 Å². The third-order valence-corrected chi connectivity index (χ3v) is 5.84. The van der Waals surface area contributed by atoms with Crippen molar-refractivity contribution in [1.82, 2.24) is 9.29 Å². The normalized spacial score (nSPS) is 11.4. The van der Waals surface area contributed by atoms with Gasteiger partial charge >= 0.3 is 0 Å². The SMILES string of the molecule is N#CCN(Cc1ccccc1)S(=O)(=O)c1cnc(Cl)s1. The number of hydrogen-bond acceptors (Lipinski definition) is 5. The lowest BCUT2D eigenvalue weighted by molar-refractivity contribution is 0.443. The molecular weight excluding hydrogens is 318 g/mol. The van der Waals surface area contributed by atoms with Crippen LogP contribution in [-0.2, 0) is 16.6 Å². The summed E-state index contributed by atoms with van der Waals surface area (Å²) in [5.41, 5.74) is 0.807. The third-order valence-electron chi connectivity index (χ3n) is 2.50. The Labute approximate surface area is 126 Å². The van der Waals surface area contributed by atoms with Crippen LogP contribution >= 0.6 is 22.9 Å². The molecule has 0 fully saturated rings. The van der Waals surface area contributed by atoms with E-state index in [2.05, 4.69) is 4.98 Å². The highest BCUT2D eigenvalue weighted by Gasteiger charge is 2.26. The largest absolute Gasteiger partial charge is 0.255 e. The Balaban J connectivity index is 2.31. The average molecular weight is 328 g/mol. The Morgan fingerprint density at radius 1 is 1.35 bits per heavy atom. The standard InChI is InChI=1S/C12H10ClN3O2S2/c13-12-15-8-11(19-12)20(17,18)16(7-6-14)9-10-4-2-1-3-5-10/h1-5,8H,7,9H2. The number of halogens is 1. The van der Waals surface area contributed by atoms with Gasteiger partial charge in [-0.3, -0.25) is 0 Å². The van der Waals surface area contributed by atoms with E-state index >= 15 is 0 Å². The predicted octanol–water partition coefficient (Wildman–Crippen LogP) is 2.51. The Kier molecular flexibility index (Phi) is 4.73. The molecule has 1 aromatic carbocycles. The van der Waals surface area contributed by atoms with E-state index in [1.54, 1.807) is 12.1 Å². The lowest BCUT2D eigenvalue weighted by Crippen LogP contribution is -2.30. The van der Waals surface area contributed by atoms with Crippen LogP contribution in [0.5, 0.6) is 0 Å². The van der Waals surface area contributed by atoms with Gasteiger partial charge < -0.3 is 0 Å². The van der Waals surface area contributed by atoms with Crippen molar-refractivity contribution in [2.45, 2.75) is 10.8 Å². The van der Waals surface area contributed by atoms with E-state index < -0.39 is 10.0 Å². The quantitative estimate of drug-likeness (QED) is 0.791. The minimum absolute atomic E-state index is 0.0358. The predicted molar refractivity (Wildman–Crippen MR) is 76.8 cm³/mol. The molecule has 8 heteroatoms. The second-order valence-electron chi connectivity index (χ2n) is 3.85. The summed E-state index contributed by atoms with van der Waals surface area (Å²) in [6, 6.07) is 11.0. The summed E-state index contributed by atoms with van der Waals surface area (Å²) in [7, 11) is -3.76. The van der Waals surface area contributed by atoms with Crippen LogP contribution in [0, 0.1) is 11.3 Å². The molecule has 0 N–H and O–H groups in total. The molecule has 0 bridgehead atoms. The van der Waals surface area contributed by atoms with Gasteiger partial charge in [0.1, 0.15) is 6.54 Å². The van der Waals surface area contributed by atoms with Gasteiger partial charge in [-0.05, 0) is 5.56 Å². The van der Waals surface area contributed by atoms with E-state index in [0.717, 1.165) is 21.2 Å². The lowest BCUT2D eigenvalue weighted by atomic mass is 10.2.